The van der Waals surface area contributed by atoms with E-state index in [0.29, 0.717) is 14.9 Å². The highest BCUT2D eigenvalue weighted by Crippen LogP contribution is 2.40. The van der Waals surface area contributed by atoms with Crippen molar-refractivity contribution in [2.45, 2.75) is 95.3 Å². The van der Waals surface area contributed by atoms with Gasteiger partial charge in [0.25, 0.3) is 0 Å². The number of β-lactam (4-membered cyclic amide) rings is 2. The lowest BCUT2D eigenvalue weighted by molar-refractivity contribution is -0.180. The number of aliphatic hydroxyl groups is 1. The molecule has 0 bridgehead atoms. The molecule has 4 rings (SSSR count). The summed E-state index contributed by atoms with van der Waals surface area (Å²) in [7, 11) is -1.95. The predicted molar refractivity (Wildman–Crippen MR) is 232 cm³/mol. The molecule has 0 saturated carbocycles. The number of hydrogen-bond donors (Lipinski definition) is 1. The minimum atomic E-state index is -1.95. The van der Waals surface area contributed by atoms with Crippen LogP contribution >= 0.6 is 46.7 Å². The van der Waals surface area contributed by atoms with Crippen LogP contribution in [0.15, 0.2) is 58.3 Å². The standard InChI is InChI=1S/C22H30ClNO7SSi.C19H22ClNO7S/c1-13(22(28)32-17-9-7-16(23)8-10-17)20-19(14(2)31-33(4,5)6)21(27)24(20)11-18(26)30-12-29-15(3)25;1-10(19(26)29-14-6-4-13(20)5-7-14)17-16(11(2)22)18(25)21(17)8-15(24)28-9-27-12(3)23/h7-10,13-14,19-20H,11-12H2,1-6H3;4-7,10-11,16-17,22H,8-9H2,1-3H3/t13-,14-,19-,20-;10-,11-,16-,17-/m11/s1. The van der Waals surface area contributed by atoms with Crippen LogP contribution in [0.4, 0.5) is 0 Å². The number of esters is 4. The summed E-state index contributed by atoms with van der Waals surface area (Å²) in [4.78, 5) is 101. The number of halogens is 2. The van der Waals surface area contributed by atoms with Gasteiger partial charge in [0.15, 0.2) is 18.5 Å². The molecule has 1 N–H and O–H groups in total. The van der Waals surface area contributed by atoms with E-state index in [1.807, 2.05) is 26.6 Å². The van der Waals surface area contributed by atoms with Gasteiger partial charge in [-0.1, -0.05) is 60.6 Å². The van der Waals surface area contributed by atoms with Gasteiger partial charge in [0.1, 0.15) is 13.1 Å². The minimum absolute atomic E-state index is 0.140. The van der Waals surface area contributed by atoms with Gasteiger partial charge in [-0.05, 0) is 82.0 Å². The first-order valence-electron chi connectivity index (χ1n) is 19.4. The number of thioether (sulfide) groups is 2. The fraction of sp³-hybridized carbons (Fsp3) is 0.512. The van der Waals surface area contributed by atoms with Gasteiger partial charge in [-0.15, -0.1) is 0 Å². The number of nitrogens with zero attached hydrogens (tertiary/aromatic N) is 2. The van der Waals surface area contributed by atoms with Crippen molar-refractivity contribution in [1.82, 2.24) is 9.80 Å². The van der Waals surface area contributed by atoms with Crippen LogP contribution in [-0.2, 0) is 61.7 Å². The first-order chi connectivity index (χ1) is 28.9. The van der Waals surface area contributed by atoms with Crippen molar-refractivity contribution in [2.75, 3.05) is 26.7 Å². The van der Waals surface area contributed by atoms with Crippen molar-refractivity contribution in [3.8, 4) is 0 Å². The van der Waals surface area contributed by atoms with Crippen LogP contribution in [-0.4, -0.2) is 120 Å². The largest absolute Gasteiger partial charge is 0.428 e. The molecule has 62 heavy (non-hydrogen) atoms. The summed E-state index contributed by atoms with van der Waals surface area (Å²) in [6.07, 6.45) is -1.38. The summed E-state index contributed by atoms with van der Waals surface area (Å²) in [5, 5.41) is 10.7. The van der Waals surface area contributed by atoms with Gasteiger partial charge < -0.3 is 38.3 Å². The van der Waals surface area contributed by atoms with Crippen LogP contribution in [0.1, 0.15) is 41.5 Å². The second-order valence-corrected chi connectivity index (χ2v) is 23.0. The van der Waals surface area contributed by atoms with Crippen molar-refractivity contribution in [2.24, 2.45) is 23.7 Å². The second-order valence-electron chi connectivity index (χ2n) is 15.5. The van der Waals surface area contributed by atoms with Crippen LogP contribution in [0, 0.1) is 23.7 Å². The Morgan fingerprint density at radius 3 is 1.34 bits per heavy atom. The Hall–Kier alpha value is -3.98. The first kappa shape index (κ1) is 52.4. The molecule has 8 atom stereocenters. The number of carbonyl (C=O) groups is 8. The molecular weight excluding hydrogens is 908 g/mol. The molecule has 2 aromatic carbocycles. The summed E-state index contributed by atoms with van der Waals surface area (Å²) in [6, 6.07) is 12.5. The Balaban J connectivity index is 0.000000333. The van der Waals surface area contributed by atoms with Crippen molar-refractivity contribution < 1.29 is 66.8 Å². The molecule has 0 spiro atoms. The summed E-state index contributed by atoms with van der Waals surface area (Å²) >= 11 is 13.8. The normalized spacial score (nSPS) is 20.2. The molecule has 0 radical (unpaired) electrons. The monoisotopic (exact) mass is 958 g/mol. The van der Waals surface area contributed by atoms with Gasteiger partial charge in [-0.2, -0.15) is 0 Å². The van der Waals surface area contributed by atoms with Crippen molar-refractivity contribution in [3.05, 3.63) is 58.6 Å². The highest BCUT2D eigenvalue weighted by molar-refractivity contribution is 8.14. The molecule has 2 amide bonds. The summed E-state index contributed by atoms with van der Waals surface area (Å²) in [5.41, 5.74) is 0. The molecule has 340 valence electrons. The Morgan fingerprint density at radius 2 is 1.00 bits per heavy atom. The van der Waals surface area contributed by atoms with E-state index in [2.05, 4.69) is 9.47 Å². The van der Waals surface area contributed by atoms with E-state index in [0.717, 1.165) is 28.4 Å². The van der Waals surface area contributed by atoms with Crippen molar-refractivity contribution in [3.63, 3.8) is 0 Å². The van der Waals surface area contributed by atoms with Gasteiger partial charge in [-0.3, -0.25) is 38.4 Å². The third-order valence-corrected chi connectivity index (χ3v) is 13.3. The van der Waals surface area contributed by atoms with Crippen LogP contribution < -0.4 is 0 Å². The molecule has 2 aromatic rings. The van der Waals surface area contributed by atoms with Gasteiger partial charge in [0, 0.05) is 45.5 Å². The van der Waals surface area contributed by atoms with E-state index in [1.165, 1.54) is 30.6 Å². The molecule has 0 aromatic heterocycles. The topological polar surface area (TPSA) is 209 Å². The number of carbonyl (C=O) groups excluding carboxylic acids is 8. The molecule has 2 fully saturated rings. The zero-order chi connectivity index (χ0) is 46.6. The molecule has 2 saturated heterocycles. The molecule has 21 heteroatoms. The van der Waals surface area contributed by atoms with Crippen molar-refractivity contribution in [1.29, 1.82) is 0 Å². The van der Waals surface area contributed by atoms with Gasteiger partial charge in [-0.25, -0.2) is 0 Å². The van der Waals surface area contributed by atoms with Gasteiger partial charge in [0.05, 0.1) is 36.1 Å². The first-order valence-corrected chi connectivity index (χ1v) is 25.2. The highest BCUT2D eigenvalue weighted by atomic mass is 35.5. The Morgan fingerprint density at radius 1 is 0.645 bits per heavy atom. The Bertz CT molecular complexity index is 1950. The van der Waals surface area contributed by atoms with Crippen LogP contribution in [0.3, 0.4) is 0 Å². The molecule has 0 aliphatic carbocycles. The lowest BCUT2D eigenvalue weighted by Crippen LogP contribution is -2.69. The fourth-order valence-corrected chi connectivity index (χ4v) is 9.92. The lowest BCUT2D eigenvalue weighted by atomic mass is 9.77. The quantitative estimate of drug-likeness (QED) is 0.0635. The average molecular weight is 960 g/mol. The number of benzene rings is 2. The maximum Gasteiger partial charge on any atom is 0.328 e. The van der Waals surface area contributed by atoms with Gasteiger partial charge >= 0.3 is 23.9 Å². The summed E-state index contributed by atoms with van der Waals surface area (Å²) in [5.74, 6) is -5.97. The number of rotatable bonds is 18. The van der Waals surface area contributed by atoms with Crippen molar-refractivity contribution >= 4 is 101 Å². The fourth-order valence-electron chi connectivity index (χ4n) is 6.75. The number of amides is 2. The molecule has 2 aliphatic heterocycles. The number of likely N-dealkylation sites (tertiary alicyclic amines) is 2. The lowest BCUT2D eigenvalue weighted by Gasteiger charge is -2.51. The van der Waals surface area contributed by atoms with Crippen LogP contribution in [0.25, 0.3) is 0 Å². The zero-order valence-corrected chi connectivity index (χ0v) is 39.9. The second kappa shape index (κ2) is 23.6. The third kappa shape index (κ3) is 15.4. The molecule has 2 heterocycles. The van der Waals surface area contributed by atoms with E-state index < -0.39 is 106 Å². The Labute approximate surface area is 380 Å². The van der Waals surface area contributed by atoms with Gasteiger partial charge in [0.2, 0.25) is 25.4 Å². The van der Waals surface area contributed by atoms with Crippen LogP contribution in [0.2, 0.25) is 29.7 Å². The Kier molecular flexibility index (Phi) is 20.0. The van der Waals surface area contributed by atoms with E-state index in [1.54, 1.807) is 62.4 Å². The SMILES string of the molecule is CC(=O)OCOC(=O)CN1C(=O)[C@H]([C@@H](C)O)[C@H]1[C@@H](C)C(=O)Sc1ccc(Cl)cc1.CC(=O)OCOC(=O)CN1C(=O)[C@H]([C@@H](C)O[Si](C)(C)C)[C@H]1[C@@H](C)C(=O)Sc1ccc(Cl)cc1. The number of ether oxygens (including phenoxy) is 4. The molecule has 16 nitrogen and oxygen atoms in total. The van der Waals surface area contributed by atoms with E-state index in [9.17, 15) is 43.5 Å². The molecule has 2 aliphatic rings. The zero-order valence-electron chi connectivity index (χ0n) is 35.8. The predicted octanol–water partition coefficient (Wildman–Crippen LogP) is 5.59. The summed E-state index contributed by atoms with van der Waals surface area (Å²) < 4.78 is 24.9. The smallest absolute Gasteiger partial charge is 0.328 e. The number of aliphatic hydroxyl groups excluding tert-OH is 1. The minimum Gasteiger partial charge on any atom is -0.428 e. The maximum absolute atomic E-state index is 13.1. The van der Waals surface area contributed by atoms with E-state index in [4.69, 9.17) is 37.1 Å². The maximum atomic E-state index is 13.1. The molecule has 0 unspecified atom stereocenters. The number of hydrogen-bond acceptors (Lipinski definition) is 16. The van der Waals surface area contributed by atoms with E-state index >= 15 is 0 Å². The average Bonchev–Trinajstić information content (AvgIpc) is 3.17. The van der Waals surface area contributed by atoms with Crippen LogP contribution in [0.5, 0.6) is 0 Å². The molecular formula is C41H52Cl2N2O14S2Si. The summed E-state index contributed by atoms with van der Waals surface area (Å²) in [6.45, 7) is 13.3. The highest BCUT2D eigenvalue weighted by Gasteiger charge is 2.56. The third-order valence-electron chi connectivity index (χ3n) is 9.55. The van der Waals surface area contributed by atoms with E-state index in [-0.39, 0.29) is 22.7 Å².